The van der Waals surface area contributed by atoms with Crippen LogP contribution in [0.4, 0.5) is 5.69 Å². The van der Waals surface area contributed by atoms with Crippen LogP contribution in [0.3, 0.4) is 0 Å². The van der Waals surface area contributed by atoms with Crippen LogP contribution in [-0.4, -0.2) is 30.9 Å². The lowest BCUT2D eigenvalue weighted by atomic mass is 10.0. The molecule has 1 aliphatic carbocycles. The molecule has 0 unspecified atom stereocenters. The number of benzene rings is 2. The first-order valence-corrected chi connectivity index (χ1v) is 10.0. The third-order valence-electron chi connectivity index (χ3n) is 4.91. The summed E-state index contributed by atoms with van der Waals surface area (Å²) in [5, 5.41) is 8.99. The molecule has 0 atom stereocenters. The van der Waals surface area contributed by atoms with Crippen LogP contribution in [0.5, 0.6) is 0 Å². The topological polar surface area (TPSA) is 70.2 Å². The Hall–Kier alpha value is -2.82. The summed E-state index contributed by atoms with van der Waals surface area (Å²) in [4.78, 5) is 24.4. The van der Waals surface area contributed by atoms with Gasteiger partial charge in [-0.25, -0.2) is 0 Å². The van der Waals surface area contributed by atoms with Crippen molar-refractivity contribution in [2.45, 2.75) is 45.1 Å². The van der Waals surface area contributed by atoms with Gasteiger partial charge in [0.25, 0.3) is 5.91 Å². The van der Waals surface area contributed by atoms with Crippen LogP contribution in [0.15, 0.2) is 48.5 Å². The van der Waals surface area contributed by atoms with E-state index in [-0.39, 0.29) is 18.4 Å². The van der Waals surface area contributed by atoms with Crippen molar-refractivity contribution in [3.8, 4) is 0 Å². The SMILES string of the molecule is CC(C)c1ccc(CCNC(=O)CNc2ccccc2C(=O)NC2CC2)cc1. The highest BCUT2D eigenvalue weighted by Crippen LogP contribution is 2.21. The van der Waals surface area contributed by atoms with Gasteiger partial charge < -0.3 is 16.0 Å². The predicted molar refractivity (Wildman–Crippen MR) is 113 cm³/mol. The number of amides is 2. The molecule has 0 heterocycles. The second-order valence-electron chi connectivity index (χ2n) is 7.64. The first-order chi connectivity index (χ1) is 13.5. The van der Waals surface area contributed by atoms with Crippen molar-refractivity contribution in [3.63, 3.8) is 0 Å². The number of hydrogen-bond donors (Lipinski definition) is 3. The number of hydrogen-bond acceptors (Lipinski definition) is 3. The van der Waals surface area contributed by atoms with E-state index in [1.807, 2.05) is 18.2 Å². The van der Waals surface area contributed by atoms with Crippen molar-refractivity contribution >= 4 is 17.5 Å². The average molecular weight is 380 g/mol. The summed E-state index contributed by atoms with van der Waals surface area (Å²) in [5.74, 6) is 0.348. The normalized spacial score (nSPS) is 13.2. The van der Waals surface area contributed by atoms with E-state index in [4.69, 9.17) is 0 Å². The molecule has 0 saturated heterocycles. The van der Waals surface area contributed by atoms with E-state index in [2.05, 4.69) is 54.1 Å². The van der Waals surface area contributed by atoms with Gasteiger partial charge in [-0.3, -0.25) is 9.59 Å². The number of anilines is 1. The van der Waals surface area contributed by atoms with Gasteiger partial charge in [0.05, 0.1) is 12.1 Å². The van der Waals surface area contributed by atoms with Crippen LogP contribution in [0.25, 0.3) is 0 Å². The van der Waals surface area contributed by atoms with Gasteiger partial charge in [-0.2, -0.15) is 0 Å². The Morgan fingerprint density at radius 1 is 1.04 bits per heavy atom. The van der Waals surface area contributed by atoms with Gasteiger partial charge in [0.2, 0.25) is 5.91 Å². The summed E-state index contributed by atoms with van der Waals surface area (Å²) >= 11 is 0. The summed E-state index contributed by atoms with van der Waals surface area (Å²) in [6.07, 6.45) is 2.89. The fraction of sp³-hybridized carbons (Fsp3) is 0.391. The molecule has 1 saturated carbocycles. The van der Waals surface area contributed by atoms with Crippen molar-refractivity contribution in [2.75, 3.05) is 18.4 Å². The van der Waals surface area contributed by atoms with Gasteiger partial charge in [-0.1, -0.05) is 50.2 Å². The quantitative estimate of drug-likeness (QED) is 0.625. The zero-order valence-electron chi connectivity index (χ0n) is 16.6. The average Bonchev–Trinajstić information content (AvgIpc) is 3.51. The van der Waals surface area contributed by atoms with Gasteiger partial charge in [0.1, 0.15) is 0 Å². The number of nitrogens with one attached hydrogen (secondary N) is 3. The molecule has 0 radical (unpaired) electrons. The van der Waals surface area contributed by atoms with E-state index in [0.717, 1.165) is 19.3 Å². The molecule has 3 rings (SSSR count). The molecule has 148 valence electrons. The molecule has 28 heavy (non-hydrogen) atoms. The minimum atomic E-state index is -0.0872. The lowest BCUT2D eigenvalue weighted by Crippen LogP contribution is -2.32. The molecule has 0 bridgehead atoms. The zero-order valence-corrected chi connectivity index (χ0v) is 16.6. The molecular weight excluding hydrogens is 350 g/mol. The van der Waals surface area contributed by atoms with Crippen LogP contribution in [0.1, 0.15) is 54.1 Å². The molecule has 0 spiro atoms. The van der Waals surface area contributed by atoms with Crippen molar-refractivity contribution in [1.29, 1.82) is 0 Å². The molecule has 5 nitrogen and oxygen atoms in total. The monoisotopic (exact) mass is 379 g/mol. The summed E-state index contributed by atoms with van der Waals surface area (Å²) in [5.41, 5.74) is 3.79. The summed E-state index contributed by atoms with van der Waals surface area (Å²) in [6.45, 7) is 5.08. The fourth-order valence-corrected chi connectivity index (χ4v) is 2.98. The number of carbonyl (C=O) groups is 2. The fourth-order valence-electron chi connectivity index (χ4n) is 2.98. The molecule has 5 heteroatoms. The van der Waals surface area contributed by atoms with Crippen LogP contribution in [0, 0.1) is 0 Å². The first kappa shape index (κ1) is 19.9. The highest BCUT2D eigenvalue weighted by molar-refractivity contribution is 6.00. The molecule has 2 aromatic carbocycles. The summed E-state index contributed by atoms with van der Waals surface area (Å²) in [7, 11) is 0. The third kappa shape index (κ3) is 5.84. The zero-order chi connectivity index (χ0) is 19.9. The molecule has 2 amide bonds. The van der Waals surface area contributed by atoms with Crippen LogP contribution >= 0.6 is 0 Å². The Balaban J connectivity index is 1.43. The Morgan fingerprint density at radius 2 is 1.75 bits per heavy atom. The summed E-state index contributed by atoms with van der Waals surface area (Å²) in [6, 6.07) is 16.1. The maximum Gasteiger partial charge on any atom is 0.253 e. The predicted octanol–water partition coefficient (Wildman–Crippen LogP) is 3.47. The van der Waals surface area contributed by atoms with Crippen LogP contribution < -0.4 is 16.0 Å². The van der Waals surface area contributed by atoms with Crippen LogP contribution in [-0.2, 0) is 11.2 Å². The molecule has 1 aliphatic rings. The van der Waals surface area contributed by atoms with E-state index in [0.29, 0.717) is 29.8 Å². The van der Waals surface area contributed by atoms with Gasteiger partial charge in [-0.05, 0) is 48.4 Å². The Labute approximate surface area is 166 Å². The highest BCUT2D eigenvalue weighted by Gasteiger charge is 2.24. The van der Waals surface area contributed by atoms with Gasteiger partial charge in [-0.15, -0.1) is 0 Å². The second kappa shape index (κ2) is 9.40. The van der Waals surface area contributed by atoms with Gasteiger partial charge in [0, 0.05) is 18.3 Å². The lowest BCUT2D eigenvalue weighted by Gasteiger charge is -2.12. The Bertz CT molecular complexity index is 811. The van der Waals surface area contributed by atoms with Crippen molar-refractivity contribution < 1.29 is 9.59 Å². The minimum absolute atomic E-state index is 0.0868. The largest absolute Gasteiger partial charge is 0.376 e. The second-order valence-corrected chi connectivity index (χ2v) is 7.64. The van der Waals surface area contributed by atoms with Crippen molar-refractivity contribution in [3.05, 3.63) is 65.2 Å². The number of rotatable bonds is 9. The maximum absolute atomic E-state index is 12.3. The van der Waals surface area contributed by atoms with E-state index < -0.39 is 0 Å². The molecule has 0 aromatic heterocycles. The van der Waals surface area contributed by atoms with Crippen LogP contribution in [0.2, 0.25) is 0 Å². The first-order valence-electron chi connectivity index (χ1n) is 10.0. The molecular formula is C23H29N3O2. The standard InChI is InChI=1S/C23H29N3O2/c1-16(2)18-9-7-17(8-10-18)13-14-24-22(27)15-25-21-6-4-3-5-20(21)23(28)26-19-11-12-19/h3-10,16,19,25H,11-15H2,1-2H3,(H,24,27)(H,26,28). The van der Waals surface area contributed by atoms with E-state index in [1.165, 1.54) is 11.1 Å². The lowest BCUT2D eigenvalue weighted by molar-refractivity contribution is -0.119. The highest BCUT2D eigenvalue weighted by atomic mass is 16.2. The number of para-hydroxylation sites is 1. The Morgan fingerprint density at radius 3 is 2.43 bits per heavy atom. The van der Waals surface area contributed by atoms with Crippen molar-refractivity contribution in [2.24, 2.45) is 0 Å². The van der Waals surface area contributed by atoms with Crippen molar-refractivity contribution in [1.82, 2.24) is 10.6 Å². The minimum Gasteiger partial charge on any atom is -0.376 e. The summed E-state index contributed by atoms with van der Waals surface area (Å²) < 4.78 is 0. The Kier molecular flexibility index (Phi) is 6.69. The number of carbonyl (C=O) groups excluding carboxylic acids is 2. The van der Waals surface area contributed by atoms with Gasteiger partial charge >= 0.3 is 0 Å². The smallest absolute Gasteiger partial charge is 0.253 e. The molecule has 2 aromatic rings. The van der Waals surface area contributed by atoms with E-state index >= 15 is 0 Å². The molecule has 1 fully saturated rings. The maximum atomic E-state index is 12.3. The van der Waals surface area contributed by atoms with Gasteiger partial charge in [0.15, 0.2) is 0 Å². The molecule has 3 N–H and O–H groups in total. The molecule has 0 aliphatic heterocycles. The third-order valence-corrected chi connectivity index (χ3v) is 4.91. The van der Waals surface area contributed by atoms with E-state index in [1.54, 1.807) is 6.07 Å². The van der Waals surface area contributed by atoms with E-state index in [9.17, 15) is 9.59 Å².